The van der Waals surface area contributed by atoms with Gasteiger partial charge in [0.25, 0.3) is 0 Å². The number of hydrogen-bond acceptors (Lipinski definition) is 4. The van der Waals surface area contributed by atoms with Gasteiger partial charge in [-0.2, -0.15) is 0 Å². The molecule has 6 heteroatoms. The Morgan fingerprint density at radius 1 is 1.32 bits per heavy atom. The molecule has 5 nitrogen and oxygen atoms in total. The molecule has 1 N–H and O–H groups in total. The van der Waals surface area contributed by atoms with Crippen molar-refractivity contribution in [2.75, 3.05) is 26.3 Å². The Bertz CT molecular complexity index is 593. The van der Waals surface area contributed by atoms with Crippen molar-refractivity contribution in [2.24, 2.45) is 0 Å². The lowest BCUT2D eigenvalue weighted by atomic mass is 10.2. The van der Waals surface area contributed by atoms with Gasteiger partial charge < -0.3 is 14.7 Å². The first-order valence-electron chi connectivity index (χ1n) is 9.12. The summed E-state index contributed by atoms with van der Waals surface area (Å²) in [5.74, 6) is 0.153. The zero-order valence-electron chi connectivity index (χ0n) is 16.2. The van der Waals surface area contributed by atoms with E-state index < -0.39 is 13.8 Å². The Labute approximate surface area is 152 Å². The SMILES string of the molecule is CC(C)(C)[Si](C)(C)C(O)c1cccc(CCC(=O)N2CCOCC2)n1. The van der Waals surface area contributed by atoms with Crippen molar-refractivity contribution in [1.29, 1.82) is 0 Å². The van der Waals surface area contributed by atoms with Crippen molar-refractivity contribution in [3.63, 3.8) is 0 Å². The van der Waals surface area contributed by atoms with Crippen LogP contribution in [0.15, 0.2) is 18.2 Å². The molecule has 1 unspecified atom stereocenters. The van der Waals surface area contributed by atoms with Gasteiger partial charge in [-0.25, -0.2) is 0 Å². The van der Waals surface area contributed by atoms with Crippen LogP contribution < -0.4 is 0 Å². The second-order valence-corrected chi connectivity index (χ2v) is 13.9. The number of aliphatic hydroxyl groups is 1. The third kappa shape index (κ3) is 4.89. The predicted molar refractivity (Wildman–Crippen MR) is 102 cm³/mol. The number of hydrogen-bond donors (Lipinski definition) is 1. The van der Waals surface area contributed by atoms with Crippen molar-refractivity contribution >= 4 is 14.0 Å². The highest BCUT2D eigenvalue weighted by Gasteiger charge is 2.42. The van der Waals surface area contributed by atoms with E-state index in [2.05, 4.69) is 38.8 Å². The number of aromatic nitrogens is 1. The highest BCUT2D eigenvalue weighted by atomic mass is 28.3. The van der Waals surface area contributed by atoms with Crippen LogP contribution in [-0.2, 0) is 16.0 Å². The summed E-state index contributed by atoms with van der Waals surface area (Å²) in [5.41, 5.74) is 1.10. The van der Waals surface area contributed by atoms with Gasteiger partial charge in [-0.05, 0) is 23.6 Å². The first-order valence-corrected chi connectivity index (χ1v) is 12.2. The number of aryl methyl sites for hydroxylation is 1. The monoisotopic (exact) mass is 364 g/mol. The molecule has 1 aromatic rings. The van der Waals surface area contributed by atoms with E-state index in [1.54, 1.807) is 0 Å². The van der Waals surface area contributed by atoms with E-state index in [1.807, 2.05) is 23.1 Å². The van der Waals surface area contributed by atoms with Gasteiger partial charge in [-0.3, -0.25) is 9.78 Å². The predicted octanol–water partition coefficient (Wildman–Crippen LogP) is 2.95. The van der Waals surface area contributed by atoms with Crippen LogP contribution in [0.4, 0.5) is 0 Å². The van der Waals surface area contributed by atoms with Gasteiger partial charge >= 0.3 is 0 Å². The van der Waals surface area contributed by atoms with Gasteiger partial charge in [0.1, 0.15) is 0 Å². The first kappa shape index (κ1) is 20.1. The molecule has 0 aromatic carbocycles. The minimum absolute atomic E-state index is 0.0798. The molecule has 0 radical (unpaired) electrons. The number of rotatable bonds is 5. The lowest BCUT2D eigenvalue weighted by Crippen LogP contribution is -2.44. The van der Waals surface area contributed by atoms with Crippen LogP contribution in [-0.4, -0.2) is 55.3 Å². The zero-order chi connectivity index (χ0) is 18.7. The minimum atomic E-state index is -1.94. The summed E-state index contributed by atoms with van der Waals surface area (Å²) >= 11 is 0. The normalized spacial score (nSPS) is 17.4. The summed E-state index contributed by atoms with van der Waals surface area (Å²) in [7, 11) is -1.94. The maximum Gasteiger partial charge on any atom is 0.223 e. The number of aliphatic hydroxyl groups excluding tert-OH is 1. The first-order chi connectivity index (χ1) is 11.6. The van der Waals surface area contributed by atoms with Crippen LogP contribution in [0.1, 0.15) is 44.3 Å². The van der Waals surface area contributed by atoms with E-state index in [0.717, 1.165) is 11.4 Å². The second kappa shape index (κ2) is 7.97. The van der Waals surface area contributed by atoms with Crippen molar-refractivity contribution < 1.29 is 14.6 Å². The van der Waals surface area contributed by atoms with Crippen molar-refractivity contribution in [3.8, 4) is 0 Å². The van der Waals surface area contributed by atoms with Crippen molar-refractivity contribution in [1.82, 2.24) is 9.88 Å². The van der Waals surface area contributed by atoms with Crippen LogP contribution in [0.25, 0.3) is 0 Å². The molecule has 0 spiro atoms. The van der Waals surface area contributed by atoms with E-state index in [-0.39, 0.29) is 10.9 Å². The van der Waals surface area contributed by atoms with Gasteiger partial charge in [0.2, 0.25) is 5.91 Å². The number of morpholine rings is 1. The van der Waals surface area contributed by atoms with Gasteiger partial charge in [-0.1, -0.05) is 39.9 Å². The largest absolute Gasteiger partial charge is 0.390 e. The Hall–Kier alpha value is -1.24. The molecule has 2 rings (SSSR count). The van der Waals surface area contributed by atoms with Gasteiger partial charge in [0.05, 0.1) is 32.7 Å². The molecule has 1 aliphatic heterocycles. The Morgan fingerprint density at radius 3 is 2.56 bits per heavy atom. The van der Waals surface area contributed by atoms with E-state index in [4.69, 9.17) is 4.74 Å². The topological polar surface area (TPSA) is 62.7 Å². The minimum Gasteiger partial charge on any atom is -0.390 e. The van der Waals surface area contributed by atoms with E-state index >= 15 is 0 Å². The Morgan fingerprint density at radius 2 is 1.96 bits per heavy atom. The molecule has 1 saturated heterocycles. The number of amides is 1. The zero-order valence-corrected chi connectivity index (χ0v) is 17.2. The highest BCUT2D eigenvalue weighted by Crippen LogP contribution is 2.43. The van der Waals surface area contributed by atoms with Gasteiger partial charge in [0.15, 0.2) is 0 Å². The van der Waals surface area contributed by atoms with E-state index in [0.29, 0.717) is 39.1 Å². The molecule has 1 amide bonds. The highest BCUT2D eigenvalue weighted by molar-refractivity contribution is 6.80. The molecule has 0 bridgehead atoms. The molecule has 140 valence electrons. The molecule has 1 aliphatic rings. The maximum absolute atomic E-state index is 12.3. The summed E-state index contributed by atoms with van der Waals surface area (Å²) in [5, 5.41) is 11.0. The third-order valence-corrected chi connectivity index (χ3v) is 11.2. The quantitative estimate of drug-likeness (QED) is 0.816. The molecular formula is C19H32N2O3Si. The van der Waals surface area contributed by atoms with Crippen LogP contribution in [0.2, 0.25) is 18.1 Å². The molecule has 25 heavy (non-hydrogen) atoms. The molecule has 1 fully saturated rings. The summed E-state index contributed by atoms with van der Waals surface area (Å²) in [4.78, 5) is 18.8. The van der Waals surface area contributed by atoms with Crippen LogP contribution in [0.5, 0.6) is 0 Å². The summed E-state index contributed by atoms with van der Waals surface area (Å²) in [6.45, 7) is 13.6. The lowest BCUT2D eigenvalue weighted by Gasteiger charge is -2.40. The third-order valence-electron chi connectivity index (χ3n) is 5.68. The standard InChI is InChI=1S/C19H32N2O3Si/c1-19(2,3)25(4,5)18(23)16-8-6-7-15(20-16)9-10-17(22)21-11-13-24-14-12-21/h6-8,18,23H,9-14H2,1-5H3. The molecule has 2 heterocycles. The van der Waals surface area contributed by atoms with Crippen LogP contribution >= 0.6 is 0 Å². The molecule has 0 aliphatic carbocycles. The molecule has 1 aromatic heterocycles. The van der Waals surface area contributed by atoms with E-state index in [1.165, 1.54) is 0 Å². The molecule has 0 saturated carbocycles. The van der Waals surface area contributed by atoms with Crippen LogP contribution in [0, 0.1) is 0 Å². The summed E-state index contributed by atoms with van der Waals surface area (Å²) < 4.78 is 5.28. The molecule has 1 atom stereocenters. The number of pyridine rings is 1. The Balaban J connectivity index is 2.02. The Kier molecular flexibility index (Phi) is 6.40. The number of ether oxygens (including phenoxy) is 1. The average molecular weight is 365 g/mol. The fourth-order valence-electron chi connectivity index (χ4n) is 2.78. The second-order valence-electron chi connectivity index (χ2n) is 8.42. The van der Waals surface area contributed by atoms with Gasteiger partial charge in [0, 0.05) is 25.2 Å². The van der Waals surface area contributed by atoms with Crippen molar-refractivity contribution in [2.45, 2.75) is 57.5 Å². The van der Waals surface area contributed by atoms with E-state index in [9.17, 15) is 9.90 Å². The van der Waals surface area contributed by atoms with Gasteiger partial charge in [-0.15, -0.1) is 0 Å². The maximum atomic E-state index is 12.3. The average Bonchev–Trinajstić information content (AvgIpc) is 2.59. The summed E-state index contributed by atoms with van der Waals surface area (Å²) in [6, 6.07) is 5.78. The fraction of sp³-hybridized carbons (Fsp3) is 0.684. The smallest absolute Gasteiger partial charge is 0.223 e. The lowest BCUT2D eigenvalue weighted by molar-refractivity contribution is -0.135. The summed E-state index contributed by atoms with van der Waals surface area (Å²) in [6.07, 6.45) is 1.06. The van der Waals surface area contributed by atoms with Crippen molar-refractivity contribution in [3.05, 3.63) is 29.6 Å². The van der Waals surface area contributed by atoms with Crippen LogP contribution in [0.3, 0.4) is 0 Å². The molecular weight excluding hydrogens is 332 g/mol. The number of carbonyl (C=O) groups excluding carboxylic acids is 1. The fourth-order valence-corrected chi connectivity index (χ4v) is 4.50. The number of carbonyl (C=O) groups is 1. The number of nitrogens with zero attached hydrogens (tertiary/aromatic N) is 2.